The predicted octanol–water partition coefficient (Wildman–Crippen LogP) is 7.45. The summed E-state index contributed by atoms with van der Waals surface area (Å²) < 4.78 is 12.0. The predicted molar refractivity (Wildman–Crippen MR) is 134 cm³/mol. The lowest BCUT2D eigenvalue weighted by atomic mass is 9.44. The van der Waals surface area contributed by atoms with Crippen molar-refractivity contribution >= 4 is 14.3 Å². The van der Waals surface area contributed by atoms with E-state index in [9.17, 15) is 4.79 Å². The lowest BCUT2D eigenvalue weighted by Crippen LogP contribution is -2.59. The maximum absolute atomic E-state index is 11.8. The third kappa shape index (κ3) is 4.37. The molecular weight excluding hydrogens is 412 g/mol. The first-order valence-electron chi connectivity index (χ1n) is 13.7. The first kappa shape index (κ1) is 24.8. The molecule has 4 fully saturated rings. The summed E-state index contributed by atoms with van der Waals surface area (Å²) in [7, 11) is -0.0739. The maximum atomic E-state index is 11.8. The molecule has 4 saturated carbocycles. The van der Waals surface area contributed by atoms with Crippen LogP contribution in [-0.4, -0.2) is 27.5 Å². The summed E-state index contributed by atoms with van der Waals surface area (Å²) in [5, 5.41) is 0. The van der Waals surface area contributed by atoms with Gasteiger partial charge in [-0.1, -0.05) is 33.6 Å². The van der Waals surface area contributed by atoms with Gasteiger partial charge in [-0.25, -0.2) is 0 Å². The molecular formula is C28H50O3Si. The number of esters is 1. The van der Waals surface area contributed by atoms with Gasteiger partial charge in [0.05, 0.1) is 7.11 Å². The topological polar surface area (TPSA) is 35.5 Å². The van der Waals surface area contributed by atoms with Gasteiger partial charge in [0, 0.05) is 12.5 Å². The van der Waals surface area contributed by atoms with Gasteiger partial charge in [0.1, 0.15) is 0 Å². The third-order valence-corrected chi connectivity index (χ3v) is 11.9. The zero-order chi connectivity index (χ0) is 23.3. The summed E-state index contributed by atoms with van der Waals surface area (Å²) in [6.45, 7) is 14.9. The van der Waals surface area contributed by atoms with Gasteiger partial charge in [0.15, 0.2) is 8.32 Å². The van der Waals surface area contributed by atoms with Crippen LogP contribution in [0.4, 0.5) is 0 Å². The lowest BCUT2D eigenvalue weighted by molar-refractivity contribution is -0.160. The van der Waals surface area contributed by atoms with Crippen molar-refractivity contribution in [3.05, 3.63) is 0 Å². The lowest BCUT2D eigenvalue weighted by Gasteiger charge is -2.63. The van der Waals surface area contributed by atoms with Crippen LogP contribution in [0.2, 0.25) is 19.6 Å². The second kappa shape index (κ2) is 9.02. The molecule has 0 aromatic rings. The zero-order valence-corrected chi connectivity index (χ0v) is 23.0. The third-order valence-electron chi connectivity index (χ3n) is 10.9. The number of hydrogen-bond donors (Lipinski definition) is 0. The quantitative estimate of drug-likeness (QED) is 0.303. The van der Waals surface area contributed by atoms with E-state index in [2.05, 4.69) is 40.4 Å². The zero-order valence-electron chi connectivity index (χ0n) is 22.0. The van der Waals surface area contributed by atoms with Crippen LogP contribution in [0.3, 0.4) is 0 Å². The molecule has 0 heterocycles. The van der Waals surface area contributed by atoms with Crippen LogP contribution in [0.1, 0.15) is 91.4 Å². The molecule has 0 amide bonds. The van der Waals surface area contributed by atoms with Crippen LogP contribution in [0, 0.1) is 46.3 Å². The molecule has 0 spiro atoms. The molecule has 1 unspecified atom stereocenters. The molecule has 3 nitrogen and oxygen atoms in total. The Bertz CT molecular complexity index is 687. The first-order valence-corrected chi connectivity index (χ1v) is 17.1. The van der Waals surface area contributed by atoms with E-state index < -0.39 is 8.32 Å². The Kier molecular flexibility index (Phi) is 6.98. The van der Waals surface area contributed by atoms with Gasteiger partial charge in [-0.15, -0.1) is 0 Å². The van der Waals surface area contributed by atoms with E-state index in [1.54, 1.807) is 0 Å². The summed E-state index contributed by atoms with van der Waals surface area (Å²) in [6.07, 6.45) is 14.6. The largest absolute Gasteiger partial charge is 0.469 e. The SMILES string of the molecule is COC(=O)CC[C@@H](C)[C@H]1CC[C@H]2[C@@H]3C(O[Si](C)(C)C)C[C@@H]4CCCC[C@]4(C)[C@H]3CC[C@]12C. The fourth-order valence-corrected chi connectivity index (χ4v) is 10.6. The Labute approximate surface area is 198 Å². The number of methoxy groups -OCH3 is 1. The van der Waals surface area contributed by atoms with Crippen LogP contribution in [0.15, 0.2) is 0 Å². The van der Waals surface area contributed by atoms with Crippen LogP contribution < -0.4 is 0 Å². The highest BCUT2D eigenvalue weighted by atomic mass is 28.4. The number of ether oxygens (including phenoxy) is 1. The highest BCUT2D eigenvalue weighted by Gasteiger charge is 2.63. The van der Waals surface area contributed by atoms with E-state index in [0.717, 1.165) is 36.0 Å². The number of carbonyl (C=O) groups is 1. The Balaban J connectivity index is 1.60. The van der Waals surface area contributed by atoms with E-state index in [1.807, 2.05) is 0 Å². The molecule has 9 atom stereocenters. The van der Waals surface area contributed by atoms with Crippen LogP contribution in [0.5, 0.6) is 0 Å². The molecule has 0 N–H and O–H groups in total. The fourth-order valence-electron chi connectivity index (χ4n) is 9.43. The summed E-state index contributed by atoms with van der Waals surface area (Å²) >= 11 is 0. The van der Waals surface area contributed by atoms with Gasteiger partial charge < -0.3 is 9.16 Å². The van der Waals surface area contributed by atoms with Crippen LogP contribution in [0.25, 0.3) is 0 Å². The maximum Gasteiger partial charge on any atom is 0.305 e. The van der Waals surface area contributed by atoms with E-state index in [0.29, 0.717) is 29.3 Å². The molecule has 0 aromatic heterocycles. The van der Waals surface area contributed by atoms with Crippen molar-refractivity contribution < 1.29 is 14.0 Å². The molecule has 0 aromatic carbocycles. The van der Waals surface area contributed by atoms with E-state index in [1.165, 1.54) is 64.9 Å². The highest BCUT2D eigenvalue weighted by molar-refractivity contribution is 6.69. The van der Waals surface area contributed by atoms with E-state index in [4.69, 9.17) is 9.16 Å². The number of hydrogen-bond acceptors (Lipinski definition) is 3. The second-order valence-electron chi connectivity index (χ2n) is 13.6. The van der Waals surface area contributed by atoms with Crippen molar-refractivity contribution in [1.29, 1.82) is 0 Å². The minimum Gasteiger partial charge on any atom is -0.469 e. The standard InChI is InChI=1S/C28H50O3Si/c1-19(11-14-25(29)30-4)21-12-13-22-26-23(15-17-28(21,22)3)27(2)16-9-8-10-20(27)18-24(26)31-32(5,6)7/h19-24,26H,8-18H2,1-7H3/t19-,20+,21-,22+,23+,24?,26+,27+,28-/m1/s1. The van der Waals surface area contributed by atoms with Crippen molar-refractivity contribution in [2.75, 3.05) is 7.11 Å². The minimum absolute atomic E-state index is 0.0487. The van der Waals surface area contributed by atoms with E-state index >= 15 is 0 Å². The summed E-state index contributed by atoms with van der Waals surface area (Å²) in [5.74, 6) is 4.56. The van der Waals surface area contributed by atoms with Crippen molar-refractivity contribution in [3.63, 3.8) is 0 Å². The van der Waals surface area contributed by atoms with Gasteiger partial charge in [0.2, 0.25) is 0 Å². The number of fused-ring (bicyclic) bond motifs is 5. The molecule has 0 radical (unpaired) electrons. The van der Waals surface area contributed by atoms with Gasteiger partial charge >= 0.3 is 5.97 Å². The molecule has 4 rings (SSSR count). The van der Waals surface area contributed by atoms with Crippen LogP contribution in [-0.2, 0) is 14.0 Å². The van der Waals surface area contributed by atoms with Crippen molar-refractivity contribution in [3.8, 4) is 0 Å². The van der Waals surface area contributed by atoms with Crippen LogP contribution >= 0.6 is 0 Å². The van der Waals surface area contributed by atoms with Gasteiger partial charge in [-0.2, -0.15) is 0 Å². The van der Waals surface area contributed by atoms with Crippen molar-refractivity contribution in [2.24, 2.45) is 46.3 Å². The average molecular weight is 463 g/mol. The van der Waals surface area contributed by atoms with E-state index in [-0.39, 0.29) is 5.97 Å². The monoisotopic (exact) mass is 462 g/mol. The number of rotatable bonds is 6. The molecule has 4 heteroatoms. The first-order chi connectivity index (χ1) is 15.0. The van der Waals surface area contributed by atoms with Crippen molar-refractivity contribution in [2.45, 2.75) is 117 Å². The Morgan fingerprint density at radius 2 is 1.72 bits per heavy atom. The number of carbonyl (C=O) groups excluding carboxylic acids is 1. The molecule has 0 bridgehead atoms. The normalized spacial score (nSPS) is 44.8. The molecule has 0 saturated heterocycles. The summed E-state index contributed by atoms with van der Waals surface area (Å²) in [5.41, 5.74) is 0.952. The highest BCUT2D eigenvalue weighted by Crippen LogP contribution is 2.68. The second-order valence-corrected chi connectivity index (χ2v) is 18.0. The fraction of sp³-hybridized carbons (Fsp3) is 0.964. The Morgan fingerprint density at radius 3 is 2.41 bits per heavy atom. The average Bonchev–Trinajstić information content (AvgIpc) is 3.08. The van der Waals surface area contributed by atoms with Crippen molar-refractivity contribution in [1.82, 2.24) is 0 Å². The summed E-state index contributed by atoms with van der Waals surface area (Å²) in [4.78, 5) is 11.8. The van der Waals surface area contributed by atoms with Gasteiger partial charge in [-0.05, 0) is 117 Å². The molecule has 0 aliphatic heterocycles. The molecule has 32 heavy (non-hydrogen) atoms. The van der Waals surface area contributed by atoms with Gasteiger partial charge in [0.25, 0.3) is 0 Å². The molecule has 184 valence electrons. The smallest absolute Gasteiger partial charge is 0.305 e. The Morgan fingerprint density at radius 1 is 1.00 bits per heavy atom. The minimum atomic E-state index is -1.59. The summed E-state index contributed by atoms with van der Waals surface area (Å²) in [6, 6.07) is 0. The Hall–Kier alpha value is -0.353. The molecule has 4 aliphatic rings. The molecule has 4 aliphatic carbocycles. The van der Waals surface area contributed by atoms with Gasteiger partial charge in [-0.3, -0.25) is 4.79 Å².